The molecule has 0 aliphatic heterocycles. The molecule has 98 valence electrons. The van der Waals surface area contributed by atoms with E-state index in [0.717, 1.165) is 12.8 Å². The van der Waals surface area contributed by atoms with Crippen LogP contribution >= 0.6 is 0 Å². The normalized spacial score (nSPS) is 9.40. The van der Waals surface area contributed by atoms with E-state index in [9.17, 15) is 9.59 Å². The van der Waals surface area contributed by atoms with Crippen molar-refractivity contribution in [3.05, 3.63) is 59.7 Å². The maximum absolute atomic E-state index is 10.1. The fraction of sp³-hybridized carbons (Fsp3) is 0.125. The van der Waals surface area contributed by atoms with Crippen LogP contribution in [0.5, 0.6) is 0 Å². The van der Waals surface area contributed by atoms with Gasteiger partial charge in [-0.15, -0.1) is 0 Å². The van der Waals surface area contributed by atoms with E-state index < -0.39 is 0 Å². The molecule has 0 saturated heterocycles. The van der Waals surface area contributed by atoms with Gasteiger partial charge in [0.1, 0.15) is 0 Å². The summed E-state index contributed by atoms with van der Waals surface area (Å²) >= 11 is 0. The number of hydrogen-bond acceptors (Lipinski definition) is 4. The number of aryl methyl sites for hydroxylation is 2. The van der Waals surface area contributed by atoms with Gasteiger partial charge < -0.3 is 0 Å². The second-order valence-corrected chi connectivity index (χ2v) is 4.24. The zero-order valence-corrected chi connectivity index (χ0v) is 10.7. The molecular weight excluding hydrogens is 252 g/mol. The molecule has 2 aromatic rings. The summed E-state index contributed by atoms with van der Waals surface area (Å²) in [6.07, 6.45) is 4.81. The van der Waals surface area contributed by atoms with Gasteiger partial charge in [-0.3, -0.25) is 0 Å². The molecule has 4 nitrogen and oxygen atoms in total. The molecule has 0 radical (unpaired) electrons. The van der Waals surface area contributed by atoms with E-state index in [0.29, 0.717) is 11.4 Å². The molecule has 0 atom stereocenters. The van der Waals surface area contributed by atoms with E-state index >= 15 is 0 Å². The zero-order valence-electron chi connectivity index (χ0n) is 10.7. The summed E-state index contributed by atoms with van der Waals surface area (Å²) in [5, 5.41) is 0. The van der Waals surface area contributed by atoms with Crippen LogP contribution in [0.15, 0.2) is 58.5 Å². The molecule has 0 heterocycles. The first kappa shape index (κ1) is 13.6. The van der Waals surface area contributed by atoms with Crippen molar-refractivity contribution in [2.24, 2.45) is 9.98 Å². The van der Waals surface area contributed by atoms with Crippen LogP contribution in [0.1, 0.15) is 11.1 Å². The molecular formula is C16H12N2O2. The van der Waals surface area contributed by atoms with E-state index in [4.69, 9.17) is 0 Å². The van der Waals surface area contributed by atoms with Gasteiger partial charge in [0.25, 0.3) is 0 Å². The minimum absolute atomic E-state index is 0.611. The average Bonchev–Trinajstić information content (AvgIpc) is 2.49. The molecule has 2 rings (SSSR count). The number of nitrogens with zero attached hydrogens (tertiary/aromatic N) is 2. The molecule has 0 amide bonds. The van der Waals surface area contributed by atoms with Crippen LogP contribution in [0.4, 0.5) is 11.4 Å². The Balaban J connectivity index is 1.97. The van der Waals surface area contributed by atoms with Gasteiger partial charge >= 0.3 is 0 Å². The van der Waals surface area contributed by atoms with E-state index in [1.807, 2.05) is 24.3 Å². The summed E-state index contributed by atoms with van der Waals surface area (Å²) in [6.45, 7) is 0. The van der Waals surface area contributed by atoms with Crippen molar-refractivity contribution >= 4 is 23.5 Å². The molecule has 0 fully saturated rings. The first-order valence-electron chi connectivity index (χ1n) is 6.15. The first-order chi connectivity index (χ1) is 9.81. The van der Waals surface area contributed by atoms with Gasteiger partial charge in [0.2, 0.25) is 12.2 Å². The number of rotatable bonds is 5. The number of hydrogen-bond donors (Lipinski definition) is 0. The molecule has 0 saturated carbocycles. The van der Waals surface area contributed by atoms with Gasteiger partial charge in [0.05, 0.1) is 11.4 Å². The highest BCUT2D eigenvalue weighted by Crippen LogP contribution is 2.16. The number of isocyanates is 2. The maximum atomic E-state index is 10.1. The maximum Gasteiger partial charge on any atom is 0.240 e. The van der Waals surface area contributed by atoms with Crippen LogP contribution in [0.3, 0.4) is 0 Å². The summed E-state index contributed by atoms with van der Waals surface area (Å²) in [5.41, 5.74) is 3.56. The Morgan fingerprint density at radius 3 is 1.30 bits per heavy atom. The second kappa shape index (κ2) is 6.95. The van der Waals surface area contributed by atoms with Crippen molar-refractivity contribution in [1.82, 2.24) is 0 Å². The molecule has 0 aliphatic carbocycles. The Bertz CT molecular complexity index is 601. The fourth-order valence-electron chi connectivity index (χ4n) is 1.87. The van der Waals surface area contributed by atoms with Crippen LogP contribution in [-0.2, 0) is 22.4 Å². The average molecular weight is 264 g/mol. The highest BCUT2D eigenvalue weighted by Gasteiger charge is 1.97. The molecule has 0 N–H and O–H groups in total. The van der Waals surface area contributed by atoms with Gasteiger partial charge in [-0.2, -0.15) is 9.98 Å². The largest absolute Gasteiger partial charge is 0.240 e. The summed E-state index contributed by atoms with van der Waals surface area (Å²) in [5.74, 6) is 0. The number of benzene rings is 2. The first-order valence-corrected chi connectivity index (χ1v) is 6.15. The van der Waals surface area contributed by atoms with Crippen molar-refractivity contribution in [3.8, 4) is 0 Å². The highest BCUT2D eigenvalue weighted by molar-refractivity contribution is 5.50. The lowest BCUT2D eigenvalue weighted by molar-refractivity contribution is 0.564. The molecule has 20 heavy (non-hydrogen) atoms. The molecule has 2 aromatic carbocycles. The highest BCUT2D eigenvalue weighted by atomic mass is 16.1. The summed E-state index contributed by atoms with van der Waals surface area (Å²) in [6, 6.07) is 15.0. The van der Waals surface area contributed by atoms with E-state index in [-0.39, 0.29) is 0 Å². The lowest BCUT2D eigenvalue weighted by atomic mass is 10.0. The molecule has 0 aliphatic rings. The molecule has 4 heteroatoms. The van der Waals surface area contributed by atoms with E-state index in [2.05, 4.69) is 9.98 Å². The summed E-state index contributed by atoms with van der Waals surface area (Å²) in [7, 11) is 0. The van der Waals surface area contributed by atoms with E-state index in [1.165, 1.54) is 23.3 Å². The number of carbonyl (C=O) groups excluding carboxylic acids is 2. The topological polar surface area (TPSA) is 58.9 Å². The standard InChI is InChI=1S/C16H12N2O2/c19-11-17-15-7-3-13(4-8-15)1-2-14-5-9-16(10-6-14)18-12-20/h3-10H,1-2H2. The van der Waals surface area contributed by atoms with Crippen molar-refractivity contribution in [1.29, 1.82) is 0 Å². The van der Waals surface area contributed by atoms with Crippen LogP contribution in [0, 0.1) is 0 Å². The molecule has 0 unspecified atom stereocenters. The van der Waals surface area contributed by atoms with Gasteiger partial charge in [-0.1, -0.05) is 24.3 Å². The Kier molecular flexibility index (Phi) is 4.74. The van der Waals surface area contributed by atoms with Gasteiger partial charge in [0.15, 0.2) is 0 Å². The van der Waals surface area contributed by atoms with Crippen LogP contribution in [0.2, 0.25) is 0 Å². The number of aliphatic imine (C=N–C) groups is 2. The third-order valence-electron chi connectivity index (χ3n) is 2.92. The third-order valence-corrected chi connectivity index (χ3v) is 2.92. The van der Waals surface area contributed by atoms with E-state index in [1.54, 1.807) is 24.3 Å². The monoisotopic (exact) mass is 264 g/mol. The predicted octanol–water partition coefficient (Wildman–Crippen LogP) is 3.41. The smallest absolute Gasteiger partial charge is 0.211 e. The van der Waals surface area contributed by atoms with Gasteiger partial charge in [-0.05, 0) is 48.2 Å². The van der Waals surface area contributed by atoms with Crippen molar-refractivity contribution in [3.63, 3.8) is 0 Å². The summed E-state index contributed by atoms with van der Waals surface area (Å²) in [4.78, 5) is 27.3. The lowest BCUT2D eigenvalue weighted by Gasteiger charge is -2.03. The van der Waals surface area contributed by atoms with Crippen LogP contribution < -0.4 is 0 Å². The predicted molar refractivity (Wildman–Crippen MR) is 75.9 cm³/mol. The minimum Gasteiger partial charge on any atom is -0.211 e. The van der Waals surface area contributed by atoms with Crippen molar-refractivity contribution < 1.29 is 9.59 Å². The molecule has 0 spiro atoms. The van der Waals surface area contributed by atoms with Crippen LogP contribution in [-0.4, -0.2) is 12.2 Å². The zero-order chi connectivity index (χ0) is 14.2. The Hall–Kier alpha value is -2.80. The minimum atomic E-state index is 0.611. The van der Waals surface area contributed by atoms with Crippen molar-refractivity contribution in [2.75, 3.05) is 0 Å². The van der Waals surface area contributed by atoms with Crippen LogP contribution in [0.25, 0.3) is 0 Å². The quantitative estimate of drug-likeness (QED) is 0.613. The third kappa shape index (κ3) is 3.85. The molecule has 0 aromatic heterocycles. The SMILES string of the molecule is O=C=Nc1ccc(CCc2ccc(N=C=O)cc2)cc1. The second-order valence-electron chi connectivity index (χ2n) is 4.24. The Morgan fingerprint density at radius 2 is 1.00 bits per heavy atom. The summed E-state index contributed by atoms with van der Waals surface area (Å²) < 4.78 is 0. The Morgan fingerprint density at radius 1 is 0.650 bits per heavy atom. The lowest BCUT2D eigenvalue weighted by Crippen LogP contribution is -1.90. The molecule has 0 bridgehead atoms. The fourth-order valence-corrected chi connectivity index (χ4v) is 1.87. The van der Waals surface area contributed by atoms with Gasteiger partial charge in [-0.25, -0.2) is 9.59 Å². The van der Waals surface area contributed by atoms with Crippen molar-refractivity contribution in [2.45, 2.75) is 12.8 Å². The Labute approximate surface area is 116 Å². The van der Waals surface area contributed by atoms with Gasteiger partial charge in [0, 0.05) is 0 Å².